The van der Waals surface area contributed by atoms with Crippen LogP contribution in [-0.4, -0.2) is 39.5 Å². The van der Waals surface area contributed by atoms with Crippen LogP contribution in [0.2, 0.25) is 5.02 Å². The second-order valence-electron chi connectivity index (χ2n) is 6.90. The normalized spacial score (nSPS) is 11.0. The molecule has 1 amide bonds. The topological polar surface area (TPSA) is 86.1 Å². The molecule has 0 aliphatic rings. The summed E-state index contributed by atoms with van der Waals surface area (Å²) in [6, 6.07) is 7.34. The van der Waals surface area contributed by atoms with Crippen molar-refractivity contribution in [1.82, 2.24) is 14.8 Å². The highest BCUT2D eigenvalue weighted by Crippen LogP contribution is 2.36. The third kappa shape index (κ3) is 5.28. The maximum absolute atomic E-state index is 12.6. The minimum Gasteiger partial charge on any atom is -0.465 e. The van der Waals surface area contributed by atoms with Crippen molar-refractivity contribution in [1.29, 1.82) is 0 Å². The highest BCUT2D eigenvalue weighted by molar-refractivity contribution is 7.99. The number of aromatic nitrogens is 3. The number of ether oxygens (including phenoxy) is 1. The lowest BCUT2D eigenvalue weighted by Crippen LogP contribution is -2.16. The lowest BCUT2D eigenvalue weighted by atomic mass is 10.0. The van der Waals surface area contributed by atoms with Gasteiger partial charge in [0.1, 0.15) is 16.4 Å². The van der Waals surface area contributed by atoms with Crippen molar-refractivity contribution in [2.45, 2.75) is 38.4 Å². The third-order valence-electron chi connectivity index (χ3n) is 4.49. The molecule has 0 fully saturated rings. The molecular weight excluding hydrogens is 456 g/mol. The molecule has 31 heavy (non-hydrogen) atoms. The van der Waals surface area contributed by atoms with E-state index in [1.807, 2.05) is 29.0 Å². The lowest BCUT2D eigenvalue weighted by Gasteiger charge is -2.12. The maximum atomic E-state index is 12.6. The molecule has 1 N–H and O–H groups in total. The fourth-order valence-corrected chi connectivity index (χ4v) is 5.04. The molecule has 0 spiro atoms. The minimum absolute atomic E-state index is 0.142. The summed E-state index contributed by atoms with van der Waals surface area (Å²) in [6.45, 7) is 6.13. The van der Waals surface area contributed by atoms with Gasteiger partial charge in [0.2, 0.25) is 5.91 Å². The number of hydrogen-bond acceptors (Lipinski definition) is 7. The Bertz CT molecular complexity index is 1080. The average Bonchev–Trinajstić information content (AvgIpc) is 3.36. The zero-order valence-electron chi connectivity index (χ0n) is 17.6. The van der Waals surface area contributed by atoms with Gasteiger partial charge >= 0.3 is 5.97 Å². The van der Waals surface area contributed by atoms with Gasteiger partial charge in [0.05, 0.1) is 12.9 Å². The van der Waals surface area contributed by atoms with E-state index in [2.05, 4.69) is 29.4 Å². The highest BCUT2D eigenvalue weighted by Gasteiger charge is 2.23. The quantitative estimate of drug-likeness (QED) is 0.348. The number of amides is 1. The number of anilines is 1. The summed E-state index contributed by atoms with van der Waals surface area (Å²) in [6.07, 6.45) is 0.767. The molecule has 3 rings (SSSR count). The molecule has 10 heteroatoms. The summed E-state index contributed by atoms with van der Waals surface area (Å²) in [5.74, 6) is 0.276. The van der Waals surface area contributed by atoms with Gasteiger partial charge in [-0.3, -0.25) is 4.79 Å². The van der Waals surface area contributed by atoms with Crippen molar-refractivity contribution >= 4 is 51.6 Å². The number of benzene rings is 1. The fraction of sp³-hybridized carbons (Fsp3) is 0.333. The van der Waals surface area contributed by atoms with Crippen LogP contribution in [0.4, 0.5) is 5.00 Å². The Morgan fingerprint density at radius 3 is 2.58 bits per heavy atom. The summed E-state index contributed by atoms with van der Waals surface area (Å²) in [7, 11) is 1.32. The van der Waals surface area contributed by atoms with Crippen LogP contribution in [0, 0.1) is 0 Å². The number of halogens is 1. The summed E-state index contributed by atoms with van der Waals surface area (Å²) in [5, 5.41) is 14.8. The number of hydrogen-bond donors (Lipinski definition) is 1. The van der Waals surface area contributed by atoms with E-state index < -0.39 is 5.97 Å². The predicted octanol–water partition coefficient (Wildman–Crippen LogP) is 5.32. The summed E-state index contributed by atoms with van der Waals surface area (Å²) in [5.41, 5.74) is 1.82. The summed E-state index contributed by atoms with van der Waals surface area (Å²) >= 11 is 8.56. The molecule has 0 saturated carbocycles. The van der Waals surface area contributed by atoms with Crippen molar-refractivity contribution < 1.29 is 14.3 Å². The Morgan fingerprint density at radius 1 is 1.26 bits per heavy atom. The molecule has 2 heterocycles. The van der Waals surface area contributed by atoms with Crippen LogP contribution in [0.1, 0.15) is 43.0 Å². The molecule has 3 aromatic rings. The number of nitrogens with one attached hydrogen (secondary N) is 1. The van der Waals surface area contributed by atoms with Crippen molar-refractivity contribution in [3.05, 3.63) is 46.1 Å². The zero-order valence-corrected chi connectivity index (χ0v) is 20.0. The number of esters is 1. The first-order valence-corrected chi connectivity index (χ1v) is 11.9. The van der Waals surface area contributed by atoms with E-state index >= 15 is 0 Å². The average molecular weight is 479 g/mol. The van der Waals surface area contributed by atoms with Crippen LogP contribution in [0.25, 0.3) is 11.1 Å². The second kappa shape index (κ2) is 10.3. The van der Waals surface area contributed by atoms with Crippen molar-refractivity contribution in [3.8, 4) is 11.1 Å². The number of carbonyl (C=O) groups excluding carboxylic acids is 2. The highest BCUT2D eigenvalue weighted by atomic mass is 35.5. The van der Waals surface area contributed by atoms with Crippen molar-refractivity contribution in [2.24, 2.45) is 0 Å². The van der Waals surface area contributed by atoms with Gasteiger partial charge < -0.3 is 14.6 Å². The molecule has 0 saturated heterocycles. The van der Waals surface area contributed by atoms with Gasteiger partial charge in [-0.05, 0) is 31.5 Å². The molecule has 0 aliphatic carbocycles. The number of aryl methyl sites for hydroxylation is 1. The van der Waals surface area contributed by atoms with Gasteiger partial charge in [-0.1, -0.05) is 42.4 Å². The largest absolute Gasteiger partial charge is 0.465 e. The Balaban J connectivity index is 1.78. The molecule has 7 nitrogen and oxygen atoms in total. The Kier molecular flexibility index (Phi) is 7.74. The number of rotatable bonds is 8. The molecule has 0 radical (unpaired) electrons. The number of thiophene rings is 1. The van der Waals surface area contributed by atoms with E-state index in [0.29, 0.717) is 26.3 Å². The van der Waals surface area contributed by atoms with E-state index in [0.717, 1.165) is 17.8 Å². The van der Waals surface area contributed by atoms with Gasteiger partial charge in [0, 0.05) is 28.4 Å². The number of nitrogens with zero attached hydrogens (tertiary/aromatic N) is 3. The molecule has 1 aromatic carbocycles. The van der Waals surface area contributed by atoms with Gasteiger partial charge in [-0.2, -0.15) is 0 Å². The van der Waals surface area contributed by atoms with Crippen LogP contribution < -0.4 is 5.32 Å². The standard InChI is InChI=1S/C21H23ClN4O3S2/c1-5-16-24-25-21(26(16)12(2)3)31-11-17(27)23-19-18(20(28)29-4)15(10-30-19)13-6-8-14(22)9-7-13/h6-10,12H,5,11H2,1-4H3,(H,23,27). The van der Waals surface area contributed by atoms with Crippen LogP contribution in [0.15, 0.2) is 34.8 Å². The van der Waals surface area contributed by atoms with Crippen LogP contribution in [0.3, 0.4) is 0 Å². The van der Waals surface area contributed by atoms with Gasteiger partial charge in [0.25, 0.3) is 0 Å². The second-order valence-corrected chi connectivity index (χ2v) is 9.16. The van der Waals surface area contributed by atoms with Gasteiger partial charge in [-0.15, -0.1) is 21.5 Å². The Labute approximate surface area is 194 Å². The summed E-state index contributed by atoms with van der Waals surface area (Å²) < 4.78 is 6.98. The number of carbonyl (C=O) groups is 2. The molecule has 0 aliphatic heterocycles. The number of thioether (sulfide) groups is 1. The molecule has 2 aromatic heterocycles. The molecule has 0 atom stereocenters. The lowest BCUT2D eigenvalue weighted by molar-refractivity contribution is -0.113. The minimum atomic E-state index is -0.513. The predicted molar refractivity (Wildman–Crippen MR) is 125 cm³/mol. The first kappa shape index (κ1) is 23.3. The van der Waals surface area contributed by atoms with Crippen molar-refractivity contribution in [3.63, 3.8) is 0 Å². The SMILES string of the molecule is CCc1nnc(SCC(=O)Nc2scc(-c3ccc(Cl)cc3)c2C(=O)OC)n1C(C)C. The molecular formula is C21H23ClN4O3S2. The van der Waals surface area contributed by atoms with Crippen LogP contribution in [0.5, 0.6) is 0 Å². The first-order valence-electron chi connectivity index (χ1n) is 9.67. The summed E-state index contributed by atoms with van der Waals surface area (Å²) in [4.78, 5) is 25.1. The maximum Gasteiger partial charge on any atom is 0.341 e. The van der Waals surface area contributed by atoms with Gasteiger partial charge in [0.15, 0.2) is 5.16 Å². The van der Waals surface area contributed by atoms with Gasteiger partial charge in [-0.25, -0.2) is 4.79 Å². The van der Waals surface area contributed by atoms with E-state index in [1.54, 1.807) is 12.1 Å². The fourth-order valence-electron chi connectivity index (χ4n) is 3.05. The smallest absolute Gasteiger partial charge is 0.341 e. The first-order chi connectivity index (χ1) is 14.8. The zero-order chi connectivity index (χ0) is 22.5. The van der Waals surface area contributed by atoms with Crippen molar-refractivity contribution in [2.75, 3.05) is 18.2 Å². The monoisotopic (exact) mass is 478 g/mol. The number of methoxy groups -OCH3 is 1. The third-order valence-corrected chi connectivity index (χ3v) is 6.58. The molecule has 164 valence electrons. The van der Waals surface area contributed by atoms with E-state index in [1.165, 1.54) is 30.2 Å². The molecule has 0 bridgehead atoms. The molecule has 0 unspecified atom stereocenters. The van der Waals surface area contributed by atoms with E-state index in [9.17, 15) is 9.59 Å². The Morgan fingerprint density at radius 2 is 1.97 bits per heavy atom. The van der Waals surface area contributed by atoms with E-state index in [-0.39, 0.29) is 17.7 Å². The Hall–Kier alpha value is -2.36. The van der Waals surface area contributed by atoms with Crippen LogP contribution in [-0.2, 0) is 16.0 Å². The van der Waals surface area contributed by atoms with E-state index in [4.69, 9.17) is 16.3 Å². The van der Waals surface area contributed by atoms with Crippen LogP contribution >= 0.6 is 34.7 Å².